The van der Waals surface area contributed by atoms with E-state index in [0.29, 0.717) is 0 Å². The predicted octanol–water partition coefficient (Wildman–Crippen LogP) is 1.21. The molecule has 1 N–H and O–H groups in total. The fourth-order valence-corrected chi connectivity index (χ4v) is 2.76. The van der Waals surface area contributed by atoms with E-state index in [0.717, 1.165) is 30.7 Å². The Morgan fingerprint density at radius 1 is 1.30 bits per heavy atom. The van der Waals surface area contributed by atoms with Gasteiger partial charge in [0.05, 0.1) is 5.75 Å². The Kier molecular flexibility index (Phi) is 5.43. The van der Waals surface area contributed by atoms with Crippen LogP contribution in [0.1, 0.15) is 23.7 Å². The van der Waals surface area contributed by atoms with Gasteiger partial charge in [0.25, 0.3) is 0 Å². The average Bonchev–Trinajstić information content (AvgIpc) is 2.88. The van der Waals surface area contributed by atoms with Gasteiger partial charge in [-0.3, -0.25) is 0 Å². The van der Waals surface area contributed by atoms with E-state index in [1.54, 1.807) is 7.11 Å². The fourth-order valence-electron chi connectivity index (χ4n) is 2.25. The van der Waals surface area contributed by atoms with Crippen LogP contribution in [0.15, 0.2) is 36.7 Å². The summed E-state index contributed by atoms with van der Waals surface area (Å²) in [7, 11) is -0.664. The van der Waals surface area contributed by atoms with Crippen molar-refractivity contribution in [2.75, 3.05) is 20.3 Å². The zero-order valence-corrected chi connectivity index (χ0v) is 12.4. The summed E-state index contributed by atoms with van der Waals surface area (Å²) in [6.45, 7) is 1.66. The summed E-state index contributed by atoms with van der Waals surface area (Å²) >= 11 is 0. The van der Waals surface area contributed by atoms with Gasteiger partial charge in [-0.05, 0) is 17.5 Å². The SMILES string of the molecule is COCCCN1C=CNC1c1ccc(C[SH](=O)=O)cc1. The van der Waals surface area contributed by atoms with Crippen LogP contribution < -0.4 is 5.32 Å². The molecule has 0 radical (unpaired) electrons. The summed E-state index contributed by atoms with van der Waals surface area (Å²) in [5, 5.41) is 3.30. The zero-order valence-electron chi connectivity index (χ0n) is 11.5. The molecule has 2 rings (SSSR count). The molecule has 1 aromatic carbocycles. The predicted molar refractivity (Wildman–Crippen MR) is 78.7 cm³/mol. The van der Waals surface area contributed by atoms with Crippen molar-refractivity contribution in [3.8, 4) is 0 Å². The monoisotopic (exact) mass is 296 g/mol. The van der Waals surface area contributed by atoms with Crippen LogP contribution in [0.5, 0.6) is 0 Å². The third kappa shape index (κ3) is 3.98. The fraction of sp³-hybridized carbons (Fsp3) is 0.429. The molecule has 0 bridgehead atoms. The van der Waals surface area contributed by atoms with Crippen LogP contribution in [-0.4, -0.2) is 33.6 Å². The second-order valence-electron chi connectivity index (χ2n) is 4.70. The molecule has 0 amide bonds. The number of nitrogens with one attached hydrogen (secondary N) is 1. The summed E-state index contributed by atoms with van der Waals surface area (Å²) in [5.74, 6) is 0.101. The van der Waals surface area contributed by atoms with Gasteiger partial charge in [-0.2, -0.15) is 0 Å². The van der Waals surface area contributed by atoms with Crippen LogP contribution in [0, 0.1) is 0 Å². The highest BCUT2D eigenvalue weighted by Crippen LogP contribution is 2.23. The molecule has 1 aliphatic heterocycles. The molecular formula is C14H20N2O3S. The van der Waals surface area contributed by atoms with E-state index in [-0.39, 0.29) is 11.9 Å². The van der Waals surface area contributed by atoms with E-state index in [4.69, 9.17) is 4.74 Å². The number of benzene rings is 1. The maximum absolute atomic E-state index is 10.7. The van der Waals surface area contributed by atoms with Crippen molar-refractivity contribution in [1.82, 2.24) is 10.2 Å². The zero-order chi connectivity index (χ0) is 14.4. The first kappa shape index (κ1) is 14.9. The van der Waals surface area contributed by atoms with Crippen molar-refractivity contribution in [2.45, 2.75) is 18.3 Å². The van der Waals surface area contributed by atoms with Crippen LogP contribution in [-0.2, 0) is 21.2 Å². The van der Waals surface area contributed by atoms with E-state index in [9.17, 15) is 8.42 Å². The first-order chi connectivity index (χ1) is 9.70. The molecule has 1 aromatic rings. The van der Waals surface area contributed by atoms with Crippen molar-refractivity contribution in [2.24, 2.45) is 0 Å². The van der Waals surface area contributed by atoms with Gasteiger partial charge in [-0.15, -0.1) is 0 Å². The molecule has 0 saturated carbocycles. The lowest BCUT2D eigenvalue weighted by atomic mass is 10.1. The van der Waals surface area contributed by atoms with E-state index in [1.807, 2.05) is 36.7 Å². The Labute approximate surface area is 121 Å². The minimum atomic E-state index is -2.37. The Morgan fingerprint density at radius 2 is 2.05 bits per heavy atom. The number of hydrogen-bond acceptors (Lipinski definition) is 5. The van der Waals surface area contributed by atoms with Crippen LogP contribution in [0.3, 0.4) is 0 Å². The lowest BCUT2D eigenvalue weighted by Crippen LogP contribution is -2.28. The molecule has 0 fully saturated rings. The lowest BCUT2D eigenvalue weighted by molar-refractivity contribution is 0.174. The smallest absolute Gasteiger partial charge is 0.144 e. The number of hydrogen-bond donors (Lipinski definition) is 2. The maximum Gasteiger partial charge on any atom is 0.144 e. The highest BCUT2D eigenvalue weighted by atomic mass is 32.2. The number of thiol groups is 1. The number of methoxy groups -OCH3 is 1. The molecule has 0 spiro atoms. The summed E-state index contributed by atoms with van der Waals surface area (Å²) in [6, 6.07) is 7.69. The van der Waals surface area contributed by atoms with Gasteiger partial charge in [0, 0.05) is 32.7 Å². The Morgan fingerprint density at radius 3 is 2.70 bits per heavy atom. The highest BCUT2D eigenvalue weighted by molar-refractivity contribution is 7.71. The van der Waals surface area contributed by atoms with Gasteiger partial charge in [0.2, 0.25) is 0 Å². The van der Waals surface area contributed by atoms with Crippen molar-refractivity contribution >= 4 is 10.7 Å². The first-order valence-electron chi connectivity index (χ1n) is 6.59. The molecule has 0 saturated heterocycles. The van der Waals surface area contributed by atoms with E-state index < -0.39 is 10.7 Å². The number of nitrogens with zero attached hydrogens (tertiary/aromatic N) is 1. The van der Waals surface area contributed by atoms with Crippen molar-refractivity contribution in [1.29, 1.82) is 0 Å². The molecule has 0 aliphatic carbocycles. The van der Waals surface area contributed by atoms with E-state index in [1.165, 1.54) is 0 Å². The van der Waals surface area contributed by atoms with Gasteiger partial charge in [0.15, 0.2) is 0 Å². The lowest BCUT2D eigenvalue weighted by Gasteiger charge is -2.26. The molecule has 110 valence electrons. The van der Waals surface area contributed by atoms with Crippen LogP contribution in [0.25, 0.3) is 0 Å². The van der Waals surface area contributed by atoms with Gasteiger partial charge >= 0.3 is 0 Å². The second kappa shape index (κ2) is 7.31. The van der Waals surface area contributed by atoms with Crippen LogP contribution in [0.4, 0.5) is 0 Å². The molecule has 1 heterocycles. The van der Waals surface area contributed by atoms with E-state index >= 15 is 0 Å². The molecule has 0 aromatic heterocycles. The van der Waals surface area contributed by atoms with Crippen molar-refractivity contribution < 1.29 is 13.2 Å². The standard InChI is InChI=1S/C14H20N2O3S/c1-19-10-2-8-16-9-7-15-14(16)13-5-3-12(4-6-13)11-20(17)18/h3-7,9,14-15,20H,2,8,10-11H2,1H3. The molecule has 1 unspecified atom stereocenters. The second-order valence-corrected chi connectivity index (χ2v) is 5.68. The summed E-state index contributed by atoms with van der Waals surface area (Å²) in [5.41, 5.74) is 1.94. The minimum absolute atomic E-state index is 0.101. The molecule has 1 aliphatic rings. The summed E-state index contributed by atoms with van der Waals surface area (Å²) < 4.78 is 26.5. The molecule has 5 nitrogen and oxygen atoms in total. The largest absolute Gasteiger partial charge is 0.385 e. The van der Waals surface area contributed by atoms with Gasteiger partial charge in [-0.25, -0.2) is 8.42 Å². The number of rotatable bonds is 7. The van der Waals surface area contributed by atoms with Gasteiger partial charge in [-0.1, -0.05) is 24.3 Å². The number of ether oxygens (including phenoxy) is 1. The van der Waals surface area contributed by atoms with Gasteiger partial charge < -0.3 is 15.0 Å². The molecular weight excluding hydrogens is 276 g/mol. The van der Waals surface area contributed by atoms with Crippen LogP contribution in [0.2, 0.25) is 0 Å². The maximum atomic E-state index is 10.7. The third-order valence-corrected chi connectivity index (χ3v) is 3.85. The Hall–Kier alpha value is -1.53. The molecule has 6 heteroatoms. The van der Waals surface area contributed by atoms with E-state index in [2.05, 4.69) is 10.2 Å². The van der Waals surface area contributed by atoms with Crippen LogP contribution >= 0.6 is 0 Å². The normalized spacial score (nSPS) is 17.7. The Balaban J connectivity index is 1.99. The minimum Gasteiger partial charge on any atom is -0.385 e. The van der Waals surface area contributed by atoms with Gasteiger partial charge in [0.1, 0.15) is 16.9 Å². The average molecular weight is 296 g/mol. The van der Waals surface area contributed by atoms with Crippen molar-refractivity contribution in [3.63, 3.8) is 0 Å². The summed E-state index contributed by atoms with van der Waals surface area (Å²) in [6.07, 6.45) is 5.04. The topological polar surface area (TPSA) is 58.6 Å². The highest BCUT2D eigenvalue weighted by Gasteiger charge is 2.19. The Bertz CT molecular complexity index is 518. The third-order valence-electron chi connectivity index (χ3n) is 3.22. The quantitative estimate of drug-likeness (QED) is 0.585. The van der Waals surface area contributed by atoms with Crippen molar-refractivity contribution in [3.05, 3.63) is 47.8 Å². The first-order valence-corrected chi connectivity index (χ1v) is 7.95. The molecule has 20 heavy (non-hydrogen) atoms. The molecule has 1 atom stereocenters. The summed E-state index contributed by atoms with van der Waals surface area (Å²) in [4.78, 5) is 2.21.